The molecule has 0 radical (unpaired) electrons. The molecule has 0 aliphatic heterocycles. The zero-order valence-corrected chi connectivity index (χ0v) is 11.5. The molecule has 0 amide bonds. The lowest BCUT2D eigenvalue weighted by Crippen LogP contribution is -2.35. The second-order valence-electron chi connectivity index (χ2n) is 4.31. The lowest BCUT2D eigenvalue weighted by molar-refractivity contribution is 0.505. The summed E-state index contributed by atoms with van der Waals surface area (Å²) in [7, 11) is -0.621. The minimum absolute atomic E-state index is 0.0744. The maximum Gasteiger partial charge on any atom is 0.279 e. The van der Waals surface area contributed by atoms with Crippen LogP contribution in [0.15, 0.2) is 35.1 Å². The molecule has 1 heterocycles. The third-order valence-electron chi connectivity index (χ3n) is 2.76. The predicted molar refractivity (Wildman–Crippen MR) is 74.0 cm³/mol. The van der Waals surface area contributed by atoms with Crippen LogP contribution >= 0.6 is 0 Å². The Kier molecular flexibility index (Phi) is 3.70. The van der Waals surface area contributed by atoms with Crippen molar-refractivity contribution in [3.05, 3.63) is 46.2 Å². The number of nitrogens with zero attached hydrogens (tertiary/aromatic N) is 1. The van der Waals surface area contributed by atoms with Gasteiger partial charge in [0.25, 0.3) is 10.2 Å². The second-order valence-corrected chi connectivity index (χ2v) is 6.28. The number of H-pyrrole nitrogens is 1. The second kappa shape index (κ2) is 5.12. The van der Waals surface area contributed by atoms with E-state index in [4.69, 9.17) is 0 Å². The molecule has 2 aromatic rings. The van der Waals surface area contributed by atoms with E-state index in [2.05, 4.69) is 9.71 Å². The van der Waals surface area contributed by atoms with Gasteiger partial charge in [0.15, 0.2) is 0 Å². The van der Waals surface area contributed by atoms with Crippen molar-refractivity contribution in [2.45, 2.75) is 6.54 Å². The molecule has 1 aromatic heterocycles. The number of benzene rings is 1. The molecule has 102 valence electrons. The van der Waals surface area contributed by atoms with Gasteiger partial charge < -0.3 is 4.98 Å². The standard InChI is InChI=1S/C12H15N3O3S/c1-15(2)19(17,18)13-8-9-7-12(16)14-11-6-4-3-5-10(9)11/h3-7,13H,8H2,1-2H3,(H,14,16). The number of hydrogen-bond acceptors (Lipinski definition) is 3. The number of para-hydroxylation sites is 1. The van der Waals surface area contributed by atoms with Crippen molar-refractivity contribution in [2.24, 2.45) is 0 Å². The summed E-state index contributed by atoms with van der Waals surface area (Å²) >= 11 is 0. The Hall–Kier alpha value is -1.70. The van der Waals surface area contributed by atoms with Crippen LogP contribution in [-0.4, -0.2) is 31.8 Å². The lowest BCUT2D eigenvalue weighted by Gasteiger charge is -2.13. The molecule has 0 spiro atoms. The van der Waals surface area contributed by atoms with Gasteiger partial charge in [0.2, 0.25) is 5.56 Å². The third-order valence-corrected chi connectivity index (χ3v) is 4.23. The van der Waals surface area contributed by atoms with Crippen LogP contribution in [0.4, 0.5) is 0 Å². The Morgan fingerprint density at radius 1 is 1.26 bits per heavy atom. The predicted octanol–water partition coefficient (Wildman–Crippen LogP) is 0.424. The van der Waals surface area contributed by atoms with Crippen LogP contribution < -0.4 is 10.3 Å². The molecule has 1 aromatic carbocycles. The smallest absolute Gasteiger partial charge is 0.279 e. The van der Waals surface area contributed by atoms with E-state index in [1.807, 2.05) is 18.2 Å². The van der Waals surface area contributed by atoms with Crippen LogP contribution in [0.1, 0.15) is 5.56 Å². The van der Waals surface area contributed by atoms with E-state index in [0.717, 1.165) is 9.69 Å². The van der Waals surface area contributed by atoms with Gasteiger partial charge in [-0.1, -0.05) is 18.2 Å². The summed E-state index contributed by atoms with van der Waals surface area (Å²) in [6.45, 7) is 0.0744. The first-order valence-corrected chi connectivity index (χ1v) is 7.12. The van der Waals surface area contributed by atoms with Crippen LogP contribution in [-0.2, 0) is 16.8 Å². The zero-order valence-electron chi connectivity index (χ0n) is 10.7. The molecule has 0 fully saturated rings. The third kappa shape index (κ3) is 3.01. The summed E-state index contributed by atoms with van der Waals surface area (Å²) in [4.78, 5) is 14.2. The van der Waals surface area contributed by atoms with Crippen LogP contribution in [0.5, 0.6) is 0 Å². The van der Waals surface area contributed by atoms with Crippen molar-refractivity contribution in [1.29, 1.82) is 0 Å². The Balaban J connectivity index is 2.38. The molecule has 0 bridgehead atoms. The van der Waals surface area contributed by atoms with E-state index in [-0.39, 0.29) is 12.1 Å². The van der Waals surface area contributed by atoms with Crippen molar-refractivity contribution in [1.82, 2.24) is 14.0 Å². The Bertz CT molecular complexity index is 750. The molecule has 19 heavy (non-hydrogen) atoms. The van der Waals surface area contributed by atoms with Crippen molar-refractivity contribution < 1.29 is 8.42 Å². The molecule has 6 nitrogen and oxygen atoms in total. The monoisotopic (exact) mass is 281 g/mol. The fraction of sp³-hybridized carbons (Fsp3) is 0.250. The van der Waals surface area contributed by atoms with Gasteiger partial charge >= 0.3 is 0 Å². The summed E-state index contributed by atoms with van der Waals surface area (Å²) in [5.41, 5.74) is 1.08. The van der Waals surface area contributed by atoms with Gasteiger partial charge in [0.05, 0.1) is 0 Å². The van der Waals surface area contributed by atoms with Gasteiger partial charge in [-0.25, -0.2) is 0 Å². The summed E-state index contributed by atoms with van der Waals surface area (Å²) in [6, 6.07) is 8.67. The molecule has 0 unspecified atom stereocenters. The van der Waals surface area contributed by atoms with Crippen LogP contribution in [0.25, 0.3) is 10.9 Å². The fourth-order valence-corrected chi connectivity index (χ4v) is 2.32. The van der Waals surface area contributed by atoms with Gasteiger partial charge in [-0.3, -0.25) is 4.79 Å². The van der Waals surface area contributed by atoms with E-state index >= 15 is 0 Å². The summed E-state index contributed by atoms with van der Waals surface area (Å²) < 4.78 is 26.8. The Morgan fingerprint density at radius 2 is 1.95 bits per heavy atom. The molecule has 2 N–H and O–H groups in total. The van der Waals surface area contributed by atoms with Crippen LogP contribution in [0.3, 0.4) is 0 Å². The number of aromatic amines is 1. The van der Waals surface area contributed by atoms with Crippen LogP contribution in [0, 0.1) is 0 Å². The molecule has 0 aliphatic carbocycles. The number of nitrogens with one attached hydrogen (secondary N) is 2. The van der Waals surface area contributed by atoms with E-state index in [9.17, 15) is 13.2 Å². The molecule has 2 rings (SSSR count). The maximum atomic E-state index is 11.7. The summed E-state index contributed by atoms with van der Waals surface area (Å²) in [5.74, 6) is 0. The molecule has 7 heteroatoms. The first-order chi connectivity index (χ1) is 8.90. The largest absolute Gasteiger partial charge is 0.322 e. The lowest BCUT2D eigenvalue weighted by atomic mass is 10.1. The minimum atomic E-state index is -3.51. The number of hydrogen-bond donors (Lipinski definition) is 2. The number of fused-ring (bicyclic) bond motifs is 1. The van der Waals surface area contributed by atoms with Crippen molar-refractivity contribution in [3.63, 3.8) is 0 Å². The van der Waals surface area contributed by atoms with Gasteiger partial charge in [-0.2, -0.15) is 17.4 Å². The van der Waals surface area contributed by atoms with Gasteiger partial charge in [0.1, 0.15) is 0 Å². The molecule has 0 saturated heterocycles. The van der Waals surface area contributed by atoms with Crippen molar-refractivity contribution in [3.8, 4) is 0 Å². The first-order valence-electron chi connectivity index (χ1n) is 5.68. The average Bonchev–Trinajstić information content (AvgIpc) is 2.35. The molecule has 0 aliphatic rings. The highest BCUT2D eigenvalue weighted by Crippen LogP contribution is 2.14. The topological polar surface area (TPSA) is 82.3 Å². The minimum Gasteiger partial charge on any atom is -0.322 e. The van der Waals surface area contributed by atoms with E-state index in [1.165, 1.54) is 20.2 Å². The molecule has 0 saturated carbocycles. The first kappa shape index (κ1) is 13.7. The SMILES string of the molecule is CN(C)S(=O)(=O)NCc1cc(=O)[nH]c2ccccc12. The fourth-order valence-electron chi connectivity index (χ4n) is 1.72. The quantitative estimate of drug-likeness (QED) is 0.852. The highest BCUT2D eigenvalue weighted by atomic mass is 32.2. The summed E-state index contributed by atoms with van der Waals surface area (Å²) in [6.07, 6.45) is 0. The van der Waals surface area contributed by atoms with Crippen LogP contribution in [0.2, 0.25) is 0 Å². The Labute approximate surface area is 111 Å². The highest BCUT2D eigenvalue weighted by molar-refractivity contribution is 7.87. The van der Waals surface area contributed by atoms with Gasteiger partial charge in [-0.15, -0.1) is 0 Å². The molecule has 0 atom stereocenters. The normalized spacial score (nSPS) is 12.2. The highest BCUT2D eigenvalue weighted by Gasteiger charge is 2.13. The zero-order chi connectivity index (χ0) is 14.0. The van der Waals surface area contributed by atoms with E-state index in [0.29, 0.717) is 11.1 Å². The van der Waals surface area contributed by atoms with E-state index < -0.39 is 10.2 Å². The molecular weight excluding hydrogens is 266 g/mol. The number of aromatic nitrogens is 1. The number of pyridine rings is 1. The van der Waals surface area contributed by atoms with Gasteiger partial charge in [0, 0.05) is 37.6 Å². The number of rotatable bonds is 4. The molecular formula is C12H15N3O3S. The van der Waals surface area contributed by atoms with Gasteiger partial charge in [-0.05, 0) is 11.6 Å². The summed E-state index contributed by atoms with van der Waals surface area (Å²) in [5, 5.41) is 0.823. The Morgan fingerprint density at radius 3 is 2.63 bits per heavy atom. The van der Waals surface area contributed by atoms with Crippen molar-refractivity contribution >= 4 is 21.1 Å². The van der Waals surface area contributed by atoms with Crippen molar-refractivity contribution in [2.75, 3.05) is 14.1 Å². The maximum absolute atomic E-state index is 11.7. The average molecular weight is 281 g/mol. The van der Waals surface area contributed by atoms with E-state index in [1.54, 1.807) is 6.07 Å².